The largest absolute Gasteiger partial charge is 0.360 e. The third kappa shape index (κ3) is 4.63. The SMILES string of the molecule is S=C(Nc1ccccc1Cl)NC1C[C@H]2CCC[C@@H](C1)N2Cc1ccccc1. The molecule has 27 heavy (non-hydrogen) atoms. The molecule has 2 heterocycles. The molecular formula is C22H26ClN3S. The van der Waals surface area contributed by atoms with E-state index in [9.17, 15) is 0 Å². The van der Waals surface area contributed by atoms with Crippen molar-refractivity contribution < 1.29 is 0 Å². The summed E-state index contributed by atoms with van der Waals surface area (Å²) in [5, 5.41) is 8.15. The molecule has 4 rings (SSSR count). The molecule has 0 radical (unpaired) electrons. The molecule has 142 valence electrons. The first kappa shape index (κ1) is 18.7. The van der Waals surface area contributed by atoms with Crippen molar-refractivity contribution in [2.75, 3.05) is 5.32 Å². The van der Waals surface area contributed by atoms with Crippen LogP contribution in [0.2, 0.25) is 5.02 Å². The van der Waals surface area contributed by atoms with Gasteiger partial charge in [0.05, 0.1) is 10.7 Å². The predicted molar refractivity (Wildman–Crippen MR) is 117 cm³/mol. The Morgan fingerprint density at radius 1 is 1.00 bits per heavy atom. The average molecular weight is 400 g/mol. The molecule has 2 aromatic rings. The van der Waals surface area contributed by atoms with Crippen LogP contribution in [-0.4, -0.2) is 28.1 Å². The third-order valence-electron chi connectivity index (χ3n) is 5.79. The van der Waals surface area contributed by atoms with Crippen LogP contribution in [0.15, 0.2) is 54.6 Å². The van der Waals surface area contributed by atoms with E-state index in [-0.39, 0.29) is 0 Å². The van der Waals surface area contributed by atoms with Crippen molar-refractivity contribution in [2.24, 2.45) is 0 Å². The van der Waals surface area contributed by atoms with Crippen LogP contribution < -0.4 is 10.6 Å². The Bertz CT molecular complexity index is 768. The second-order valence-electron chi connectivity index (χ2n) is 7.64. The maximum Gasteiger partial charge on any atom is 0.171 e. The summed E-state index contributed by atoms with van der Waals surface area (Å²) in [6, 6.07) is 20.3. The minimum atomic E-state index is 0.426. The van der Waals surface area contributed by atoms with Crippen LogP contribution in [-0.2, 0) is 6.54 Å². The van der Waals surface area contributed by atoms with Crippen molar-refractivity contribution in [3.63, 3.8) is 0 Å². The lowest BCUT2D eigenvalue weighted by atomic mass is 9.81. The smallest absolute Gasteiger partial charge is 0.171 e. The molecule has 1 unspecified atom stereocenters. The molecule has 0 aromatic heterocycles. The number of hydrogen-bond donors (Lipinski definition) is 2. The van der Waals surface area contributed by atoms with E-state index in [0.717, 1.165) is 25.1 Å². The number of benzene rings is 2. The fourth-order valence-corrected chi connectivity index (χ4v) is 5.01. The van der Waals surface area contributed by atoms with Gasteiger partial charge < -0.3 is 10.6 Å². The van der Waals surface area contributed by atoms with Crippen molar-refractivity contribution >= 4 is 34.6 Å². The lowest BCUT2D eigenvalue weighted by Gasteiger charge is -2.49. The number of para-hydroxylation sites is 1. The zero-order valence-corrected chi connectivity index (χ0v) is 17.0. The molecule has 2 aromatic carbocycles. The first-order chi connectivity index (χ1) is 13.2. The lowest BCUT2D eigenvalue weighted by Crippen LogP contribution is -2.56. The number of thiocarbonyl (C=S) groups is 1. The quantitative estimate of drug-likeness (QED) is 0.690. The van der Waals surface area contributed by atoms with E-state index in [1.54, 1.807) is 0 Å². The van der Waals surface area contributed by atoms with Crippen LogP contribution in [0.25, 0.3) is 0 Å². The Morgan fingerprint density at radius 3 is 2.37 bits per heavy atom. The summed E-state index contributed by atoms with van der Waals surface area (Å²) in [7, 11) is 0. The van der Waals surface area contributed by atoms with Gasteiger partial charge in [0.15, 0.2) is 5.11 Å². The van der Waals surface area contributed by atoms with Gasteiger partial charge in [-0.3, -0.25) is 4.90 Å². The zero-order chi connectivity index (χ0) is 18.6. The highest BCUT2D eigenvalue weighted by Crippen LogP contribution is 2.35. The van der Waals surface area contributed by atoms with E-state index >= 15 is 0 Å². The third-order valence-corrected chi connectivity index (χ3v) is 6.34. The number of fused-ring (bicyclic) bond motifs is 2. The van der Waals surface area contributed by atoms with Gasteiger partial charge in [0.25, 0.3) is 0 Å². The topological polar surface area (TPSA) is 27.3 Å². The maximum atomic E-state index is 6.23. The lowest BCUT2D eigenvalue weighted by molar-refractivity contribution is 0.0212. The van der Waals surface area contributed by atoms with Crippen molar-refractivity contribution in [1.82, 2.24) is 10.2 Å². The number of hydrogen-bond acceptors (Lipinski definition) is 2. The zero-order valence-electron chi connectivity index (χ0n) is 15.4. The van der Waals surface area contributed by atoms with Crippen LogP contribution in [0, 0.1) is 0 Å². The van der Waals surface area contributed by atoms with Crippen molar-refractivity contribution in [3.05, 3.63) is 65.2 Å². The fraction of sp³-hybridized carbons (Fsp3) is 0.409. The van der Waals surface area contributed by atoms with Gasteiger partial charge in [-0.25, -0.2) is 0 Å². The average Bonchev–Trinajstić information content (AvgIpc) is 2.65. The summed E-state index contributed by atoms with van der Waals surface area (Å²) in [6.07, 6.45) is 6.20. The molecule has 2 N–H and O–H groups in total. The number of nitrogens with one attached hydrogen (secondary N) is 2. The van der Waals surface area contributed by atoms with Crippen molar-refractivity contribution in [1.29, 1.82) is 0 Å². The van der Waals surface area contributed by atoms with Gasteiger partial charge in [-0.1, -0.05) is 60.5 Å². The van der Waals surface area contributed by atoms with E-state index in [2.05, 4.69) is 45.9 Å². The normalized spacial score (nSPS) is 25.0. The fourth-order valence-electron chi connectivity index (χ4n) is 4.56. The first-order valence-electron chi connectivity index (χ1n) is 9.81. The van der Waals surface area contributed by atoms with Gasteiger partial charge >= 0.3 is 0 Å². The monoisotopic (exact) mass is 399 g/mol. The Kier molecular flexibility index (Phi) is 5.96. The van der Waals surface area contributed by atoms with E-state index in [1.807, 2.05) is 24.3 Å². The van der Waals surface area contributed by atoms with Crippen LogP contribution >= 0.6 is 23.8 Å². The summed E-state index contributed by atoms with van der Waals surface area (Å²) in [5.74, 6) is 0. The van der Waals surface area contributed by atoms with Crippen LogP contribution in [0.5, 0.6) is 0 Å². The number of halogens is 1. The summed E-state index contributed by atoms with van der Waals surface area (Å²) in [5.41, 5.74) is 2.27. The summed E-state index contributed by atoms with van der Waals surface area (Å²) in [6.45, 7) is 1.06. The highest BCUT2D eigenvalue weighted by Gasteiger charge is 2.38. The van der Waals surface area contributed by atoms with Crippen molar-refractivity contribution in [3.8, 4) is 0 Å². The Morgan fingerprint density at radius 2 is 1.67 bits per heavy atom. The molecule has 2 fully saturated rings. The minimum Gasteiger partial charge on any atom is -0.360 e. The highest BCUT2D eigenvalue weighted by molar-refractivity contribution is 7.80. The number of nitrogens with zero attached hydrogens (tertiary/aromatic N) is 1. The molecule has 2 aliphatic heterocycles. The van der Waals surface area contributed by atoms with Crippen LogP contribution in [0.3, 0.4) is 0 Å². The van der Waals surface area contributed by atoms with Gasteiger partial charge in [-0.05, 0) is 55.6 Å². The number of anilines is 1. The van der Waals surface area contributed by atoms with E-state index in [4.69, 9.17) is 23.8 Å². The molecule has 0 amide bonds. The Hall–Kier alpha value is -1.62. The van der Waals surface area contributed by atoms with Gasteiger partial charge in [0, 0.05) is 24.7 Å². The van der Waals surface area contributed by atoms with Crippen LogP contribution in [0.1, 0.15) is 37.7 Å². The van der Waals surface area contributed by atoms with E-state index in [1.165, 1.54) is 24.8 Å². The van der Waals surface area contributed by atoms with Gasteiger partial charge in [0.2, 0.25) is 0 Å². The molecule has 0 aliphatic carbocycles. The van der Waals surface area contributed by atoms with Gasteiger partial charge in [-0.15, -0.1) is 0 Å². The molecule has 0 saturated carbocycles. The summed E-state index contributed by atoms with van der Waals surface area (Å²) >= 11 is 11.8. The highest BCUT2D eigenvalue weighted by atomic mass is 35.5. The van der Waals surface area contributed by atoms with E-state index < -0.39 is 0 Å². The summed E-state index contributed by atoms with van der Waals surface area (Å²) < 4.78 is 0. The molecule has 2 saturated heterocycles. The van der Waals surface area contributed by atoms with Crippen molar-refractivity contribution in [2.45, 2.75) is 56.8 Å². The molecule has 0 spiro atoms. The molecular weight excluding hydrogens is 374 g/mol. The molecule has 2 aliphatic rings. The van der Waals surface area contributed by atoms with Gasteiger partial charge in [-0.2, -0.15) is 0 Å². The molecule has 2 bridgehead atoms. The molecule has 3 nitrogen and oxygen atoms in total. The first-order valence-corrected chi connectivity index (χ1v) is 10.6. The number of rotatable bonds is 4. The van der Waals surface area contributed by atoms with Gasteiger partial charge in [0.1, 0.15) is 0 Å². The minimum absolute atomic E-state index is 0.426. The Balaban J connectivity index is 1.37. The predicted octanol–water partition coefficient (Wildman–Crippen LogP) is 5.21. The molecule has 5 heteroatoms. The van der Waals surface area contributed by atoms with E-state index in [0.29, 0.717) is 28.3 Å². The molecule has 3 atom stereocenters. The standard InChI is InChI=1S/C22H26ClN3S/c23-20-11-4-5-12-21(20)25-22(27)24-17-13-18-9-6-10-19(14-17)26(18)15-16-7-2-1-3-8-16/h1-5,7-8,11-12,17-19H,6,9-10,13-15H2,(H2,24,25,27)/t17?,18-,19+. The maximum absolute atomic E-state index is 6.23. The Labute approximate surface area is 172 Å². The summed E-state index contributed by atoms with van der Waals surface area (Å²) in [4.78, 5) is 2.72. The second-order valence-corrected chi connectivity index (χ2v) is 8.46. The van der Waals surface area contributed by atoms with Crippen LogP contribution in [0.4, 0.5) is 5.69 Å². The number of piperidine rings is 2. The second kappa shape index (κ2) is 8.59.